The topological polar surface area (TPSA) is 96.0 Å². The van der Waals surface area contributed by atoms with Crippen LogP contribution in [-0.2, 0) is 10.0 Å². The first kappa shape index (κ1) is 22.5. The fourth-order valence-electron chi connectivity index (χ4n) is 6.87. The van der Waals surface area contributed by atoms with E-state index in [4.69, 9.17) is 12.2 Å². The first-order valence-corrected chi connectivity index (χ1v) is 13.7. The standard InChI is InChI=1S/C24H31N5O2S2/c1-2-21(24-13-16-10-17(14-24)12-18(11-16)15-24)28-23(32)27-19-4-6-20(7-5-19)33(30,31)29-22-25-8-3-9-26-22/h3-9,16-18,21H,2,10-15H2,1H3,(H,25,26,29)(H2,27,28,32). The summed E-state index contributed by atoms with van der Waals surface area (Å²) in [7, 11) is -3.76. The Labute approximate surface area is 201 Å². The lowest BCUT2D eigenvalue weighted by molar-refractivity contribution is -0.0709. The van der Waals surface area contributed by atoms with E-state index in [0.29, 0.717) is 16.6 Å². The van der Waals surface area contributed by atoms with Crippen molar-refractivity contribution in [2.75, 3.05) is 10.0 Å². The van der Waals surface area contributed by atoms with Crippen LogP contribution in [0.3, 0.4) is 0 Å². The maximum Gasteiger partial charge on any atom is 0.264 e. The van der Waals surface area contributed by atoms with Gasteiger partial charge in [-0.2, -0.15) is 0 Å². The van der Waals surface area contributed by atoms with Crippen molar-refractivity contribution in [3.05, 3.63) is 42.7 Å². The Morgan fingerprint density at radius 1 is 1.06 bits per heavy atom. The van der Waals surface area contributed by atoms with E-state index >= 15 is 0 Å². The van der Waals surface area contributed by atoms with Crippen LogP contribution >= 0.6 is 12.2 Å². The van der Waals surface area contributed by atoms with E-state index in [0.717, 1.165) is 29.9 Å². The molecule has 1 heterocycles. The molecule has 2 aromatic rings. The van der Waals surface area contributed by atoms with Gasteiger partial charge in [-0.3, -0.25) is 0 Å². The minimum atomic E-state index is -3.76. The summed E-state index contributed by atoms with van der Waals surface area (Å²) in [5, 5.41) is 7.47. The van der Waals surface area contributed by atoms with Crippen LogP contribution in [0, 0.1) is 23.2 Å². The van der Waals surface area contributed by atoms with Gasteiger partial charge in [0, 0.05) is 24.1 Å². The van der Waals surface area contributed by atoms with Gasteiger partial charge in [-0.1, -0.05) is 6.92 Å². The maximum absolute atomic E-state index is 12.6. The second-order valence-corrected chi connectivity index (χ2v) is 12.1. The van der Waals surface area contributed by atoms with Crippen LogP contribution in [-0.4, -0.2) is 29.5 Å². The van der Waals surface area contributed by atoms with E-state index in [1.165, 1.54) is 50.9 Å². The normalized spacial score (nSPS) is 28.8. The molecule has 0 amide bonds. The second-order valence-electron chi connectivity index (χ2n) is 10.0. The molecule has 1 aromatic carbocycles. The molecule has 33 heavy (non-hydrogen) atoms. The van der Waals surface area contributed by atoms with Gasteiger partial charge >= 0.3 is 0 Å². The molecule has 1 aromatic heterocycles. The van der Waals surface area contributed by atoms with Gasteiger partial charge in [0.1, 0.15) is 0 Å². The highest BCUT2D eigenvalue weighted by molar-refractivity contribution is 7.92. The highest BCUT2D eigenvalue weighted by Crippen LogP contribution is 2.61. The average molecular weight is 486 g/mol. The number of rotatable bonds is 7. The van der Waals surface area contributed by atoms with Crippen molar-refractivity contribution in [3.63, 3.8) is 0 Å². The van der Waals surface area contributed by atoms with Gasteiger partial charge < -0.3 is 10.6 Å². The number of hydrogen-bond acceptors (Lipinski definition) is 5. The minimum Gasteiger partial charge on any atom is -0.359 e. The molecule has 1 unspecified atom stereocenters. The Balaban J connectivity index is 1.22. The zero-order valence-corrected chi connectivity index (χ0v) is 20.5. The molecule has 9 heteroatoms. The number of nitrogens with one attached hydrogen (secondary N) is 3. The van der Waals surface area contributed by atoms with Crippen molar-refractivity contribution in [1.82, 2.24) is 15.3 Å². The van der Waals surface area contributed by atoms with Crippen LogP contribution in [0.4, 0.5) is 11.6 Å². The van der Waals surface area contributed by atoms with E-state index in [1.54, 1.807) is 30.3 Å². The molecular formula is C24H31N5O2S2. The van der Waals surface area contributed by atoms with Crippen molar-refractivity contribution in [2.24, 2.45) is 23.2 Å². The fourth-order valence-corrected chi connectivity index (χ4v) is 8.08. The molecule has 4 bridgehead atoms. The summed E-state index contributed by atoms with van der Waals surface area (Å²) >= 11 is 5.66. The van der Waals surface area contributed by atoms with Crippen molar-refractivity contribution >= 4 is 39.0 Å². The highest BCUT2D eigenvalue weighted by Gasteiger charge is 2.53. The van der Waals surface area contributed by atoms with Crippen molar-refractivity contribution in [3.8, 4) is 0 Å². The second kappa shape index (κ2) is 8.83. The third-order valence-corrected chi connectivity index (χ3v) is 9.32. The minimum absolute atomic E-state index is 0.0420. The van der Waals surface area contributed by atoms with Gasteiger partial charge in [-0.25, -0.2) is 23.1 Å². The third-order valence-electron chi connectivity index (χ3n) is 7.75. The van der Waals surface area contributed by atoms with Gasteiger partial charge in [0.15, 0.2) is 5.11 Å². The molecule has 176 valence electrons. The van der Waals surface area contributed by atoms with Crippen molar-refractivity contribution in [1.29, 1.82) is 0 Å². The summed E-state index contributed by atoms with van der Waals surface area (Å²) in [6.45, 7) is 2.25. The summed E-state index contributed by atoms with van der Waals surface area (Å²) in [5.74, 6) is 2.74. The van der Waals surface area contributed by atoms with E-state index in [1.807, 2.05) is 0 Å². The first-order valence-electron chi connectivity index (χ1n) is 11.8. The summed E-state index contributed by atoms with van der Waals surface area (Å²) in [5.41, 5.74) is 1.13. The molecule has 1 atom stereocenters. The molecule has 0 saturated heterocycles. The number of nitrogens with zero attached hydrogens (tertiary/aromatic N) is 2. The van der Waals surface area contributed by atoms with Crippen LogP contribution < -0.4 is 15.4 Å². The van der Waals surface area contributed by atoms with Gasteiger partial charge in [-0.05, 0) is 111 Å². The Kier molecular flexibility index (Phi) is 6.03. The lowest BCUT2D eigenvalue weighted by Gasteiger charge is -2.59. The Bertz CT molecular complexity index is 1070. The average Bonchev–Trinajstić information content (AvgIpc) is 2.77. The molecule has 7 nitrogen and oxygen atoms in total. The predicted molar refractivity (Wildman–Crippen MR) is 133 cm³/mol. The first-order chi connectivity index (χ1) is 15.8. The van der Waals surface area contributed by atoms with Gasteiger partial charge in [0.2, 0.25) is 5.95 Å². The van der Waals surface area contributed by atoms with E-state index < -0.39 is 10.0 Å². The molecule has 4 saturated carbocycles. The molecular weight excluding hydrogens is 454 g/mol. The molecule has 0 radical (unpaired) electrons. The Hall–Kier alpha value is -2.26. The SMILES string of the molecule is CCC(NC(=S)Nc1ccc(S(=O)(=O)Nc2ncccn2)cc1)C12CC3CC(CC(C3)C1)C2. The van der Waals surface area contributed by atoms with E-state index in [2.05, 4.69) is 32.2 Å². The van der Waals surface area contributed by atoms with Crippen molar-refractivity contribution in [2.45, 2.75) is 62.8 Å². The quantitative estimate of drug-likeness (QED) is 0.495. The molecule has 4 aliphatic rings. The van der Waals surface area contributed by atoms with Crippen LogP contribution in [0.5, 0.6) is 0 Å². The van der Waals surface area contributed by atoms with Crippen LogP contribution in [0.2, 0.25) is 0 Å². The fraction of sp³-hybridized carbons (Fsp3) is 0.542. The van der Waals surface area contributed by atoms with Gasteiger partial charge in [0.05, 0.1) is 4.90 Å². The predicted octanol–water partition coefficient (Wildman–Crippen LogP) is 4.56. The van der Waals surface area contributed by atoms with E-state index in [9.17, 15) is 8.42 Å². The van der Waals surface area contributed by atoms with Gasteiger partial charge in [0.25, 0.3) is 10.0 Å². The summed E-state index contributed by atoms with van der Waals surface area (Å²) < 4.78 is 27.5. The molecule has 4 aliphatic carbocycles. The van der Waals surface area contributed by atoms with Crippen LogP contribution in [0.25, 0.3) is 0 Å². The number of anilines is 2. The zero-order chi connectivity index (χ0) is 23.1. The summed E-state index contributed by atoms with van der Waals surface area (Å²) in [4.78, 5) is 7.96. The summed E-state index contributed by atoms with van der Waals surface area (Å²) in [6, 6.07) is 8.54. The maximum atomic E-state index is 12.6. The third kappa shape index (κ3) is 4.71. The monoisotopic (exact) mass is 485 g/mol. The molecule has 0 aliphatic heterocycles. The number of sulfonamides is 1. The number of thiocarbonyl (C=S) groups is 1. The van der Waals surface area contributed by atoms with Gasteiger partial charge in [-0.15, -0.1) is 0 Å². The molecule has 0 spiro atoms. The number of benzene rings is 1. The highest BCUT2D eigenvalue weighted by atomic mass is 32.2. The summed E-state index contributed by atoms with van der Waals surface area (Å²) in [6.07, 6.45) is 12.3. The number of aromatic nitrogens is 2. The molecule has 6 rings (SSSR count). The molecule has 4 fully saturated rings. The largest absolute Gasteiger partial charge is 0.359 e. The lowest BCUT2D eigenvalue weighted by atomic mass is 9.47. The van der Waals surface area contributed by atoms with Crippen LogP contribution in [0.1, 0.15) is 51.9 Å². The Morgan fingerprint density at radius 2 is 1.64 bits per heavy atom. The molecule has 3 N–H and O–H groups in total. The smallest absolute Gasteiger partial charge is 0.264 e. The van der Waals surface area contributed by atoms with Crippen molar-refractivity contribution < 1.29 is 8.42 Å². The zero-order valence-electron chi connectivity index (χ0n) is 18.8. The number of hydrogen-bond donors (Lipinski definition) is 3. The van der Waals surface area contributed by atoms with Crippen LogP contribution in [0.15, 0.2) is 47.6 Å². The van der Waals surface area contributed by atoms with E-state index in [-0.39, 0.29) is 10.8 Å². The Morgan fingerprint density at radius 3 is 2.18 bits per heavy atom. The lowest BCUT2D eigenvalue weighted by Crippen LogP contribution is -2.57.